The van der Waals surface area contributed by atoms with E-state index in [0.717, 1.165) is 21.0 Å². The maximum Gasteiger partial charge on any atom is 0.335 e. The second-order valence-corrected chi connectivity index (χ2v) is 7.44. The predicted octanol–water partition coefficient (Wildman–Crippen LogP) is 5.23. The summed E-state index contributed by atoms with van der Waals surface area (Å²) in [6.45, 7) is 1.81. The lowest BCUT2D eigenvalue weighted by molar-refractivity contribution is 0.0696. The number of nitrogens with one attached hydrogen (secondary N) is 1. The number of furan rings is 2. The van der Waals surface area contributed by atoms with Gasteiger partial charge in [0, 0.05) is 15.4 Å². The van der Waals surface area contributed by atoms with Crippen molar-refractivity contribution < 1.29 is 23.5 Å². The molecule has 7 nitrogen and oxygen atoms in total. The minimum absolute atomic E-state index is 0.148. The number of amides is 1. The topological polar surface area (TPSA) is 105 Å². The molecule has 150 valence electrons. The molecule has 0 spiro atoms. The molecule has 30 heavy (non-hydrogen) atoms. The van der Waals surface area contributed by atoms with Crippen LogP contribution in [0, 0.1) is 6.92 Å². The first-order chi connectivity index (χ1) is 14.4. The Labute approximate surface area is 179 Å². The predicted molar refractivity (Wildman–Crippen MR) is 115 cm³/mol. The fraction of sp³-hybridized carbons (Fsp3) is 0.0455. The molecular weight excluding hydrogens is 452 g/mol. The molecular formula is C22H15BrN2O5. The van der Waals surface area contributed by atoms with Crippen LogP contribution in [0.4, 0.5) is 0 Å². The average Bonchev–Trinajstić information content (AvgIpc) is 3.34. The smallest absolute Gasteiger partial charge is 0.335 e. The summed E-state index contributed by atoms with van der Waals surface area (Å²) in [4.78, 5) is 23.3. The van der Waals surface area contributed by atoms with Crippen LogP contribution in [0.2, 0.25) is 0 Å². The fourth-order valence-electron chi connectivity index (χ4n) is 2.98. The Bertz CT molecular complexity index is 1300. The zero-order valence-electron chi connectivity index (χ0n) is 15.7. The van der Waals surface area contributed by atoms with Crippen molar-refractivity contribution in [2.45, 2.75) is 6.92 Å². The number of carboxylic acid groups (broad SMARTS) is 1. The molecule has 2 aromatic heterocycles. The normalized spacial score (nSPS) is 11.3. The largest absolute Gasteiger partial charge is 0.478 e. The number of nitrogens with zero attached hydrogens (tertiary/aromatic N) is 1. The third-order valence-corrected chi connectivity index (χ3v) is 4.92. The number of aromatic carboxylic acids is 1. The first-order valence-corrected chi connectivity index (χ1v) is 9.66. The summed E-state index contributed by atoms with van der Waals surface area (Å²) in [5.74, 6) is -0.314. The number of hydrogen-bond acceptors (Lipinski definition) is 5. The van der Waals surface area contributed by atoms with Gasteiger partial charge in [-0.05, 0) is 61.0 Å². The number of carbonyl (C=O) groups excluding carboxylic acids is 1. The summed E-state index contributed by atoms with van der Waals surface area (Å²) in [6, 6.07) is 15.4. The van der Waals surface area contributed by atoms with E-state index in [1.807, 2.05) is 19.1 Å². The molecule has 4 aromatic rings. The highest BCUT2D eigenvalue weighted by Crippen LogP contribution is 2.26. The van der Waals surface area contributed by atoms with Crippen LogP contribution in [-0.4, -0.2) is 23.2 Å². The van der Waals surface area contributed by atoms with Crippen molar-refractivity contribution in [3.05, 3.63) is 81.7 Å². The molecule has 0 fully saturated rings. The van der Waals surface area contributed by atoms with Gasteiger partial charge in [0.2, 0.25) is 0 Å². The van der Waals surface area contributed by atoms with Crippen molar-refractivity contribution in [3.8, 4) is 11.3 Å². The minimum atomic E-state index is -0.982. The van der Waals surface area contributed by atoms with Crippen molar-refractivity contribution in [1.29, 1.82) is 0 Å². The van der Waals surface area contributed by atoms with Gasteiger partial charge in [0.25, 0.3) is 0 Å². The molecule has 0 atom stereocenters. The van der Waals surface area contributed by atoms with Gasteiger partial charge in [-0.25, -0.2) is 10.2 Å². The second-order valence-electron chi connectivity index (χ2n) is 6.53. The monoisotopic (exact) mass is 466 g/mol. The number of carbonyl (C=O) groups is 2. The zero-order valence-corrected chi connectivity index (χ0v) is 17.3. The van der Waals surface area contributed by atoms with Gasteiger partial charge in [0.1, 0.15) is 17.1 Å². The quantitative estimate of drug-likeness (QED) is 0.309. The molecule has 0 saturated carbocycles. The van der Waals surface area contributed by atoms with E-state index in [0.29, 0.717) is 17.1 Å². The molecule has 1 amide bonds. The Balaban J connectivity index is 1.45. The lowest BCUT2D eigenvalue weighted by atomic mass is 10.0. The molecule has 0 bridgehead atoms. The van der Waals surface area contributed by atoms with Gasteiger partial charge in [-0.15, -0.1) is 0 Å². The van der Waals surface area contributed by atoms with Crippen LogP contribution in [0.1, 0.15) is 32.2 Å². The maximum atomic E-state index is 12.2. The Morgan fingerprint density at radius 3 is 2.67 bits per heavy atom. The van der Waals surface area contributed by atoms with E-state index in [2.05, 4.69) is 26.5 Å². The van der Waals surface area contributed by atoms with Crippen molar-refractivity contribution >= 4 is 45.0 Å². The van der Waals surface area contributed by atoms with Crippen LogP contribution >= 0.6 is 15.9 Å². The number of rotatable bonds is 5. The molecule has 0 saturated heterocycles. The van der Waals surface area contributed by atoms with E-state index in [-0.39, 0.29) is 11.3 Å². The molecule has 4 rings (SSSR count). The molecule has 0 aliphatic rings. The van der Waals surface area contributed by atoms with E-state index in [9.17, 15) is 9.59 Å². The molecule has 2 aromatic carbocycles. The molecule has 0 unspecified atom stereocenters. The van der Waals surface area contributed by atoms with Gasteiger partial charge < -0.3 is 13.9 Å². The summed E-state index contributed by atoms with van der Waals surface area (Å²) in [7, 11) is 0. The fourth-order valence-corrected chi connectivity index (χ4v) is 3.35. The molecule has 2 heterocycles. The Morgan fingerprint density at radius 2 is 1.90 bits per heavy atom. The molecule has 8 heteroatoms. The number of hydrogen-bond donors (Lipinski definition) is 2. The first-order valence-electron chi connectivity index (χ1n) is 8.87. The molecule has 2 N–H and O–H groups in total. The van der Waals surface area contributed by atoms with Gasteiger partial charge in [-0.3, -0.25) is 4.79 Å². The van der Waals surface area contributed by atoms with Gasteiger partial charge in [-0.2, -0.15) is 5.10 Å². The summed E-state index contributed by atoms with van der Waals surface area (Å²) < 4.78 is 12.1. The number of hydrazone groups is 1. The van der Waals surface area contributed by atoms with Gasteiger partial charge in [0.15, 0.2) is 5.76 Å². The SMILES string of the molecule is Cc1cc(C(=O)O)ccc1-c1ccc(C=NNC(=O)c2cc3cc(Br)ccc3o2)o1. The van der Waals surface area contributed by atoms with Crippen LogP contribution in [0.3, 0.4) is 0 Å². The average molecular weight is 467 g/mol. The van der Waals surface area contributed by atoms with Crippen molar-refractivity contribution in [2.24, 2.45) is 5.10 Å². The van der Waals surface area contributed by atoms with Crippen LogP contribution in [0.15, 0.2) is 73.0 Å². The Morgan fingerprint density at radius 1 is 1.07 bits per heavy atom. The maximum absolute atomic E-state index is 12.2. The van der Waals surface area contributed by atoms with E-state index < -0.39 is 11.9 Å². The van der Waals surface area contributed by atoms with E-state index in [1.54, 1.807) is 36.4 Å². The highest BCUT2D eigenvalue weighted by atomic mass is 79.9. The molecule has 0 radical (unpaired) electrons. The number of aryl methyl sites for hydroxylation is 1. The Kier molecular flexibility index (Phi) is 5.24. The lowest BCUT2D eigenvalue weighted by Gasteiger charge is -2.03. The lowest BCUT2D eigenvalue weighted by Crippen LogP contribution is -2.16. The Hall–Kier alpha value is -3.65. The van der Waals surface area contributed by atoms with Crippen molar-refractivity contribution in [3.63, 3.8) is 0 Å². The first kappa shape index (κ1) is 19.7. The van der Waals surface area contributed by atoms with Gasteiger partial charge >= 0.3 is 11.9 Å². The summed E-state index contributed by atoms with van der Waals surface area (Å²) >= 11 is 3.38. The van der Waals surface area contributed by atoms with Crippen LogP contribution in [0.25, 0.3) is 22.3 Å². The standard InChI is InChI=1S/C22H15BrN2O5/c1-12-8-13(22(27)28)2-5-17(12)19-7-4-16(29-19)11-24-25-21(26)20-10-14-9-15(23)3-6-18(14)30-20/h2-11H,1H3,(H,25,26)(H,27,28). The van der Waals surface area contributed by atoms with E-state index in [1.165, 1.54) is 12.3 Å². The van der Waals surface area contributed by atoms with Crippen LogP contribution < -0.4 is 5.43 Å². The molecule has 0 aliphatic carbocycles. The highest BCUT2D eigenvalue weighted by molar-refractivity contribution is 9.10. The second kappa shape index (κ2) is 8.00. The van der Waals surface area contributed by atoms with Gasteiger partial charge in [-0.1, -0.05) is 22.0 Å². The summed E-state index contributed by atoms with van der Waals surface area (Å²) in [5.41, 5.74) is 4.77. The van der Waals surface area contributed by atoms with E-state index in [4.69, 9.17) is 13.9 Å². The third kappa shape index (κ3) is 4.04. The van der Waals surface area contributed by atoms with Crippen molar-refractivity contribution in [1.82, 2.24) is 5.43 Å². The van der Waals surface area contributed by atoms with Crippen molar-refractivity contribution in [2.75, 3.05) is 0 Å². The summed E-state index contributed by atoms with van der Waals surface area (Å²) in [5, 5.41) is 13.8. The number of carboxylic acids is 1. The highest BCUT2D eigenvalue weighted by Gasteiger charge is 2.12. The van der Waals surface area contributed by atoms with Crippen LogP contribution in [0.5, 0.6) is 0 Å². The number of fused-ring (bicyclic) bond motifs is 1. The van der Waals surface area contributed by atoms with E-state index >= 15 is 0 Å². The third-order valence-electron chi connectivity index (χ3n) is 4.43. The van der Waals surface area contributed by atoms with Gasteiger partial charge in [0.05, 0.1) is 11.8 Å². The zero-order chi connectivity index (χ0) is 21.3. The van der Waals surface area contributed by atoms with Crippen LogP contribution in [-0.2, 0) is 0 Å². The number of benzene rings is 2. The number of halogens is 1. The summed E-state index contributed by atoms with van der Waals surface area (Å²) in [6.07, 6.45) is 1.38. The molecule has 0 aliphatic heterocycles. The minimum Gasteiger partial charge on any atom is -0.478 e.